The first-order valence-corrected chi connectivity index (χ1v) is 10.2. The average molecular weight is 391 g/mol. The van der Waals surface area contributed by atoms with Crippen LogP contribution in [0.1, 0.15) is 41.6 Å². The first-order valence-electron chi connectivity index (χ1n) is 9.15. The SMILES string of the molecule is COC(=O)c1ccc(NC(=O)CCCC[C@H]2SCC3NC(=O)NC32)cc1C. The zero-order valence-electron chi connectivity index (χ0n) is 15.5. The zero-order valence-corrected chi connectivity index (χ0v) is 16.4. The molecule has 0 saturated carbocycles. The number of methoxy groups -OCH3 is 1. The number of fused-ring (bicyclic) bond motifs is 1. The van der Waals surface area contributed by atoms with Crippen LogP contribution in [0.3, 0.4) is 0 Å². The molecule has 7 nitrogen and oxygen atoms in total. The van der Waals surface area contributed by atoms with Crippen LogP contribution < -0.4 is 16.0 Å². The van der Waals surface area contributed by atoms with Gasteiger partial charge in [-0.2, -0.15) is 11.8 Å². The third kappa shape index (κ3) is 4.74. The van der Waals surface area contributed by atoms with Crippen LogP contribution in [0.15, 0.2) is 18.2 Å². The van der Waals surface area contributed by atoms with Gasteiger partial charge in [-0.3, -0.25) is 4.79 Å². The highest BCUT2D eigenvalue weighted by Crippen LogP contribution is 2.33. The van der Waals surface area contributed by atoms with Crippen molar-refractivity contribution in [2.45, 2.75) is 49.9 Å². The minimum absolute atomic E-state index is 0.0343. The fourth-order valence-corrected chi connectivity index (χ4v) is 5.12. The Labute approximate surface area is 163 Å². The lowest BCUT2D eigenvalue weighted by molar-refractivity contribution is -0.116. The minimum atomic E-state index is -0.383. The summed E-state index contributed by atoms with van der Waals surface area (Å²) in [5.74, 6) is 0.536. The summed E-state index contributed by atoms with van der Waals surface area (Å²) >= 11 is 1.89. The lowest BCUT2D eigenvalue weighted by Crippen LogP contribution is -2.36. The van der Waals surface area contributed by atoms with E-state index >= 15 is 0 Å². The Morgan fingerprint density at radius 1 is 1.30 bits per heavy atom. The summed E-state index contributed by atoms with van der Waals surface area (Å²) in [7, 11) is 1.35. The number of unbranched alkanes of at least 4 members (excludes halogenated alkanes) is 1. The van der Waals surface area contributed by atoms with Crippen LogP contribution in [0.2, 0.25) is 0 Å². The molecule has 2 aliphatic rings. The van der Waals surface area contributed by atoms with Crippen LogP contribution in [0.25, 0.3) is 0 Å². The van der Waals surface area contributed by atoms with E-state index < -0.39 is 0 Å². The summed E-state index contributed by atoms with van der Waals surface area (Å²) in [6.07, 6.45) is 3.20. The molecule has 0 spiro atoms. The molecule has 146 valence electrons. The number of ether oxygens (including phenoxy) is 1. The van der Waals surface area contributed by atoms with Gasteiger partial charge in [-0.25, -0.2) is 9.59 Å². The number of hydrogen-bond acceptors (Lipinski definition) is 5. The van der Waals surface area contributed by atoms with Crippen molar-refractivity contribution in [3.63, 3.8) is 0 Å². The molecule has 3 atom stereocenters. The third-order valence-corrected chi connectivity index (χ3v) is 6.50. The molecule has 3 rings (SSSR count). The van der Waals surface area contributed by atoms with E-state index in [4.69, 9.17) is 4.74 Å². The summed E-state index contributed by atoms with van der Waals surface area (Å²) in [4.78, 5) is 35.1. The van der Waals surface area contributed by atoms with Gasteiger partial charge < -0.3 is 20.7 Å². The van der Waals surface area contributed by atoms with Gasteiger partial charge in [0.15, 0.2) is 0 Å². The smallest absolute Gasteiger partial charge is 0.338 e. The number of carbonyl (C=O) groups excluding carboxylic acids is 3. The lowest BCUT2D eigenvalue weighted by atomic mass is 10.0. The first-order chi connectivity index (χ1) is 13.0. The number of thioether (sulfide) groups is 1. The van der Waals surface area contributed by atoms with Gasteiger partial charge in [0.25, 0.3) is 0 Å². The van der Waals surface area contributed by atoms with Gasteiger partial charge >= 0.3 is 12.0 Å². The van der Waals surface area contributed by atoms with E-state index in [1.165, 1.54) is 7.11 Å². The van der Waals surface area contributed by atoms with E-state index in [0.29, 0.717) is 22.9 Å². The number of anilines is 1. The topological polar surface area (TPSA) is 96.5 Å². The van der Waals surface area contributed by atoms with Crippen LogP contribution >= 0.6 is 11.8 Å². The van der Waals surface area contributed by atoms with Crippen LogP contribution in [-0.4, -0.2) is 48.1 Å². The van der Waals surface area contributed by atoms with Gasteiger partial charge in [0.1, 0.15) is 0 Å². The Bertz CT molecular complexity index is 740. The van der Waals surface area contributed by atoms with E-state index in [9.17, 15) is 14.4 Å². The van der Waals surface area contributed by atoms with E-state index in [2.05, 4.69) is 16.0 Å². The van der Waals surface area contributed by atoms with Crippen molar-refractivity contribution in [2.75, 3.05) is 18.2 Å². The Morgan fingerprint density at radius 3 is 2.85 bits per heavy atom. The number of aryl methyl sites for hydroxylation is 1. The second-order valence-corrected chi connectivity index (χ2v) is 8.21. The highest BCUT2D eigenvalue weighted by atomic mass is 32.2. The number of carbonyl (C=O) groups is 3. The molecule has 2 heterocycles. The molecule has 2 saturated heterocycles. The molecular formula is C19H25N3O4S. The Kier molecular flexibility index (Phi) is 6.26. The molecule has 27 heavy (non-hydrogen) atoms. The van der Waals surface area contributed by atoms with Crippen molar-refractivity contribution in [3.05, 3.63) is 29.3 Å². The van der Waals surface area contributed by atoms with Gasteiger partial charge in [-0.05, 0) is 43.5 Å². The monoisotopic (exact) mass is 391 g/mol. The molecule has 3 amide bonds. The summed E-state index contributed by atoms with van der Waals surface area (Å²) in [6, 6.07) is 5.54. The average Bonchev–Trinajstić information content (AvgIpc) is 3.17. The van der Waals surface area contributed by atoms with Gasteiger partial charge in [0.05, 0.1) is 24.8 Å². The van der Waals surface area contributed by atoms with Crippen LogP contribution in [0.4, 0.5) is 10.5 Å². The standard InChI is InChI=1S/C19H25N3O4S/c1-11-9-12(7-8-13(11)18(24)26-2)20-16(23)6-4-3-5-15-17-14(10-27-15)21-19(25)22-17/h7-9,14-15,17H,3-6,10H2,1-2H3,(H,20,23)(H2,21,22,25)/t14?,15-,17?/m1/s1. The zero-order chi connectivity index (χ0) is 19.4. The fourth-order valence-electron chi connectivity index (χ4n) is 3.58. The predicted octanol–water partition coefficient (Wildman–Crippen LogP) is 2.45. The maximum Gasteiger partial charge on any atom is 0.338 e. The summed E-state index contributed by atoms with van der Waals surface area (Å²) in [5, 5.41) is 9.22. The molecular weight excluding hydrogens is 366 g/mol. The Morgan fingerprint density at radius 2 is 2.11 bits per heavy atom. The second-order valence-electron chi connectivity index (χ2n) is 6.94. The molecule has 2 unspecified atom stereocenters. The van der Waals surface area contributed by atoms with Gasteiger partial charge in [0.2, 0.25) is 5.91 Å². The van der Waals surface area contributed by atoms with E-state index in [-0.39, 0.29) is 30.0 Å². The molecule has 1 aromatic rings. The maximum atomic E-state index is 12.1. The van der Waals surface area contributed by atoms with Crippen LogP contribution in [0.5, 0.6) is 0 Å². The van der Waals surface area contributed by atoms with Crippen LogP contribution in [-0.2, 0) is 9.53 Å². The summed E-state index contributed by atoms with van der Waals surface area (Å²) in [5.41, 5.74) is 1.94. The van der Waals surface area contributed by atoms with Crippen LogP contribution in [0, 0.1) is 6.92 Å². The summed E-state index contributed by atoms with van der Waals surface area (Å²) < 4.78 is 4.72. The fraction of sp³-hybridized carbons (Fsp3) is 0.526. The second kappa shape index (κ2) is 8.65. The van der Waals surface area contributed by atoms with E-state index in [1.807, 2.05) is 18.7 Å². The first kappa shape index (κ1) is 19.5. The lowest BCUT2D eigenvalue weighted by Gasteiger charge is -2.16. The summed E-state index contributed by atoms with van der Waals surface area (Å²) in [6.45, 7) is 1.81. The normalized spacial score (nSPS) is 23.3. The Hall–Kier alpha value is -2.22. The molecule has 2 fully saturated rings. The maximum absolute atomic E-state index is 12.1. The van der Waals surface area contributed by atoms with Gasteiger partial charge in [0, 0.05) is 23.1 Å². The molecule has 1 aromatic carbocycles. The number of nitrogens with one attached hydrogen (secondary N) is 3. The number of amides is 3. The molecule has 2 aliphatic heterocycles. The third-order valence-electron chi connectivity index (χ3n) is 5.00. The quantitative estimate of drug-likeness (QED) is 0.377. The number of urea groups is 1. The minimum Gasteiger partial charge on any atom is -0.465 e. The number of esters is 1. The molecule has 8 heteroatoms. The Balaban J connectivity index is 1.39. The van der Waals surface area contributed by atoms with Crippen molar-refractivity contribution in [1.29, 1.82) is 0 Å². The predicted molar refractivity (Wildman–Crippen MR) is 105 cm³/mol. The van der Waals surface area contributed by atoms with Crippen molar-refractivity contribution in [3.8, 4) is 0 Å². The van der Waals surface area contributed by atoms with E-state index in [1.54, 1.807) is 18.2 Å². The largest absolute Gasteiger partial charge is 0.465 e. The number of hydrogen-bond donors (Lipinski definition) is 3. The van der Waals surface area contributed by atoms with Crippen molar-refractivity contribution in [1.82, 2.24) is 10.6 Å². The molecule has 0 radical (unpaired) electrons. The number of benzene rings is 1. The van der Waals surface area contributed by atoms with E-state index in [0.717, 1.165) is 30.6 Å². The molecule has 0 aromatic heterocycles. The van der Waals surface area contributed by atoms with Gasteiger partial charge in [-0.15, -0.1) is 0 Å². The molecule has 3 N–H and O–H groups in total. The van der Waals surface area contributed by atoms with Gasteiger partial charge in [-0.1, -0.05) is 6.42 Å². The van der Waals surface area contributed by atoms with Crippen molar-refractivity contribution in [2.24, 2.45) is 0 Å². The molecule has 0 aliphatic carbocycles. The highest BCUT2D eigenvalue weighted by Gasteiger charge is 2.42. The van der Waals surface area contributed by atoms with Crippen molar-refractivity contribution >= 4 is 35.4 Å². The molecule has 0 bridgehead atoms. The number of rotatable bonds is 7. The van der Waals surface area contributed by atoms with Crippen molar-refractivity contribution < 1.29 is 19.1 Å². The highest BCUT2D eigenvalue weighted by molar-refractivity contribution is 8.00.